The summed E-state index contributed by atoms with van der Waals surface area (Å²) < 4.78 is 67.9. The first-order valence-electron chi connectivity index (χ1n) is 19.5. The van der Waals surface area contributed by atoms with Gasteiger partial charge < -0.3 is 19.9 Å². The number of benzene rings is 5. The van der Waals surface area contributed by atoms with E-state index in [0.29, 0.717) is 0 Å². The van der Waals surface area contributed by atoms with Crippen LogP contribution in [0, 0.1) is 20.5 Å². The van der Waals surface area contributed by atoms with Crippen molar-refractivity contribution >= 4 is 44.1 Å². The summed E-state index contributed by atoms with van der Waals surface area (Å²) >= 11 is 0. The fourth-order valence-corrected chi connectivity index (χ4v) is 7.38. The van der Waals surface area contributed by atoms with E-state index in [9.17, 15) is 0 Å². The number of aromatic amines is 4. The molecule has 10 aromatic rings. The molecule has 5 aromatic carbocycles. The van der Waals surface area contributed by atoms with Crippen LogP contribution in [0.2, 0.25) is 0 Å². The lowest BCUT2D eigenvalue weighted by Gasteiger charge is -2.17. The fourth-order valence-electron chi connectivity index (χ4n) is 7.38. The molecule has 0 aliphatic carbocycles. The molecule has 8 bridgehead atoms. The molecule has 0 aliphatic rings. The van der Waals surface area contributed by atoms with Crippen molar-refractivity contribution in [3.05, 3.63) is 206 Å². The lowest BCUT2D eigenvalue weighted by atomic mass is 10.1. The molecule has 5 heterocycles. The van der Waals surface area contributed by atoms with Crippen LogP contribution in [0.1, 0.15) is 0 Å². The van der Waals surface area contributed by atoms with E-state index in [4.69, 9.17) is 37.3 Å². The Morgan fingerprint density at radius 1 is 0.266 bits per heavy atom. The SMILES string of the molecule is [O-][Cl+3]([O-])([O-])[O-].[O-][Cl+3]([O-])([O-])[O-].c1ccc(-c2c3ccc([nH]3)c(-c3ccccc3)c3ccc([nH]3)[c+](-c3ccccc3)c3ccc([nH]3)[c+](-c3ccccc3)c3ccc2[nH]3)cc1.c1ccccc1. The zero-order chi connectivity index (χ0) is 45.1. The maximum Gasteiger partial charge on any atom is 0.126 e. The highest BCUT2D eigenvalue weighted by molar-refractivity contribution is 6.02. The van der Waals surface area contributed by atoms with Gasteiger partial charge in [-0.2, -0.15) is 0 Å². The minimum Gasteiger partial charge on any atom is -0.354 e. The predicted octanol–water partition coefficient (Wildman–Crippen LogP) is 4.14. The summed E-state index contributed by atoms with van der Waals surface area (Å²) in [7, 11) is -9.89. The van der Waals surface area contributed by atoms with E-state index in [1.807, 2.05) is 36.4 Å². The molecule has 0 aliphatic heterocycles. The second kappa shape index (κ2) is 20.4. The van der Waals surface area contributed by atoms with Gasteiger partial charge >= 0.3 is 0 Å². The highest BCUT2D eigenvalue weighted by atomic mass is 35.7. The summed E-state index contributed by atoms with van der Waals surface area (Å²) in [6.07, 6.45) is 0. The predicted molar refractivity (Wildman–Crippen MR) is 228 cm³/mol. The molecule has 10 rings (SSSR count). The second-order valence-corrected chi connectivity index (χ2v) is 15.5. The van der Waals surface area contributed by atoms with E-state index >= 15 is 0 Å². The Bertz CT molecular complexity index is 2630. The summed E-state index contributed by atoms with van der Waals surface area (Å²) in [5.41, 5.74) is 17.3. The average molecular weight is 894 g/mol. The Labute approximate surface area is 371 Å². The van der Waals surface area contributed by atoms with Gasteiger partial charge in [-0.1, -0.05) is 97.1 Å². The van der Waals surface area contributed by atoms with Crippen LogP contribution in [-0.4, -0.2) is 19.9 Å². The standard InChI is InChI=1S/C44H32N4.C6H6.2ClHO4/c1-5-13-29(14-6-1)41-33-21-23-35(45-33)42(30-15-7-2-8-16-30)37-25-27-39(47-37)44(32-19-11-4-12-20-32)40-28-26-38(48-40)43(31-17-9-3-10-18-31)36-24-22-34(41)46-36;1-2-4-6-5-3-1;2*2-1(3,4)5/h1-28,45-48H;1-6H;2*(H,2,3,4,5)/q+2;;;/p-2. The Morgan fingerprint density at radius 3 is 0.828 bits per heavy atom. The maximum absolute atomic E-state index is 8.49. The second-order valence-electron chi connectivity index (χ2n) is 14.0. The van der Waals surface area contributed by atoms with E-state index in [2.05, 4.69) is 190 Å². The third-order valence-corrected chi connectivity index (χ3v) is 9.82. The van der Waals surface area contributed by atoms with Gasteiger partial charge in [0.1, 0.15) is 33.2 Å². The van der Waals surface area contributed by atoms with E-state index < -0.39 is 20.5 Å². The lowest BCUT2D eigenvalue weighted by Crippen LogP contribution is -2.68. The number of hydrogen-bond acceptors (Lipinski definition) is 8. The van der Waals surface area contributed by atoms with Gasteiger partial charge in [-0.05, 0) is 71.8 Å². The topological polar surface area (TPSA) is 248 Å². The highest BCUT2D eigenvalue weighted by Crippen LogP contribution is 2.36. The number of aromatic nitrogens is 4. The molecule has 12 nitrogen and oxygen atoms in total. The third kappa shape index (κ3) is 12.1. The molecule has 0 fully saturated rings. The van der Waals surface area contributed by atoms with Crippen LogP contribution in [0.15, 0.2) is 206 Å². The zero-order valence-corrected chi connectivity index (χ0v) is 35.2. The molecule has 0 saturated heterocycles. The molecule has 0 spiro atoms. The largest absolute Gasteiger partial charge is 0.354 e. The number of rotatable bonds is 4. The van der Waals surface area contributed by atoms with Crippen LogP contribution >= 0.6 is 0 Å². The lowest BCUT2D eigenvalue weighted by molar-refractivity contribution is -2.00. The quantitative estimate of drug-likeness (QED) is 0.187. The van der Waals surface area contributed by atoms with Gasteiger partial charge in [-0.15, -0.1) is 20.5 Å². The van der Waals surface area contributed by atoms with Gasteiger partial charge in [-0.25, -0.2) is 37.3 Å². The molecule has 320 valence electrons. The Hall–Kier alpha value is -7.04. The van der Waals surface area contributed by atoms with Crippen molar-refractivity contribution in [3.63, 3.8) is 0 Å². The van der Waals surface area contributed by atoms with Crippen LogP contribution < -0.4 is 37.3 Å². The summed E-state index contributed by atoms with van der Waals surface area (Å²) in [6, 6.07) is 72.0. The van der Waals surface area contributed by atoms with Gasteiger partial charge in [-0.3, -0.25) is 0 Å². The van der Waals surface area contributed by atoms with Gasteiger partial charge in [0, 0.05) is 58.6 Å². The number of halogens is 2. The Balaban J connectivity index is 0.000000327. The van der Waals surface area contributed by atoms with Gasteiger partial charge in [0.2, 0.25) is 0 Å². The molecular formula is C50H38Cl2N4O8. The van der Waals surface area contributed by atoms with Crippen molar-refractivity contribution in [3.8, 4) is 44.5 Å². The van der Waals surface area contributed by atoms with Crippen molar-refractivity contribution in [2.24, 2.45) is 0 Å². The fraction of sp³-hybridized carbons (Fsp3) is 0. The average Bonchev–Trinajstić information content (AvgIpc) is 4.13. The monoisotopic (exact) mass is 892 g/mol. The minimum atomic E-state index is -4.94. The third-order valence-electron chi connectivity index (χ3n) is 9.82. The van der Waals surface area contributed by atoms with Gasteiger partial charge in [0.05, 0.1) is 34.3 Å². The van der Waals surface area contributed by atoms with E-state index in [0.717, 1.165) is 88.6 Å². The number of H-pyrrole nitrogens is 4. The molecule has 0 unspecified atom stereocenters. The normalized spacial score (nSPS) is 11.1. The summed E-state index contributed by atoms with van der Waals surface area (Å²) in [5.74, 6) is 0. The van der Waals surface area contributed by atoms with Crippen molar-refractivity contribution in [2.45, 2.75) is 0 Å². The molecule has 64 heavy (non-hydrogen) atoms. The highest BCUT2D eigenvalue weighted by Gasteiger charge is 2.18. The van der Waals surface area contributed by atoms with Gasteiger partial charge in [0.15, 0.2) is 0 Å². The van der Waals surface area contributed by atoms with Crippen molar-refractivity contribution in [1.82, 2.24) is 19.9 Å². The first-order chi connectivity index (χ1) is 30.8. The summed E-state index contributed by atoms with van der Waals surface area (Å²) in [6.45, 7) is 0. The number of fused-ring (bicyclic) bond motifs is 8. The maximum atomic E-state index is 8.49. The summed E-state index contributed by atoms with van der Waals surface area (Å²) in [5, 5.41) is 0. The first kappa shape index (κ1) is 45.0. The van der Waals surface area contributed by atoms with Crippen molar-refractivity contribution < 1.29 is 57.8 Å². The van der Waals surface area contributed by atoms with Crippen molar-refractivity contribution in [2.75, 3.05) is 0 Å². The molecule has 0 amide bonds. The Kier molecular flexibility index (Phi) is 14.4. The van der Waals surface area contributed by atoms with Crippen molar-refractivity contribution in [1.29, 1.82) is 0 Å². The van der Waals surface area contributed by atoms with Crippen LogP contribution in [-0.2, 0) is 0 Å². The molecule has 0 radical (unpaired) electrons. The number of hydrogen-bond donors (Lipinski definition) is 4. The van der Waals surface area contributed by atoms with Crippen LogP contribution in [0.3, 0.4) is 0 Å². The zero-order valence-electron chi connectivity index (χ0n) is 33.7. The van der Waals surface area contributed by atoms with E-state index in [1.54, 1.807) is 0 Å². The van der Waals surface area contributed by atoms with E-state index in [1.165, 1.54) is 0 Å². The molecule has 5 aromatic heterocycles. The summed E-state index contributed by atoms with van der Waals surface area (Å²) in [4.78, 5) is 15.4. The molecule has 0 saturated carbocycles. The smallest absolute Gasteiger partial charge is 0.126 e. The molecule has 0 atom stereocenters. The van der Waals surface area contributed by atoms with Crippen LogP contribution in [0.4, 0.5) is 0 Å². The molecule has 14 heteroatoms. The molecule has 4 N–H and O–H groups in total. The Morgan fingerprint density at radius 2 is 0.500 bits per heavy atom. The molecular weight excluding hydrogens is 855 g/mol. The minimum absolute atomic E-state index is 1.04. The van der Waals surface area contributed by atoms with Gasteiger partial charge in [0.25, 0.3) is 0 Å². The van der Waals surface area contributed by atoms with Crippen LogP contribution in [0.25, 0.3) is 88.6 Å². The van der Waals surface area contributed by atoms with Crippen LogP contribution in [0.5, 0.6) is 0 Å². The number of nitrogens with one attached hydrogen (secondary N) is 4. The first-order valence-corrected chi connectivity index (χ1v) is 22.0. The van der Waals surface area contributed by atoms with E-state index in [-0.39, 0.29) is 0 Å².